The molecular weight excluding hydrogens is 230 g/mol. The molecule has 1 fully saturated rings. The summed E-state index contributed by atoms with van der Waals surface area (Å²) < 4.78 is 5.16. The molecule has 1 aliphatic rings. The van der Waals surface area contributed by atoms with Crippen molar-refractivity contribution in [2.24, 2.45) is 5.73 Å². The summed E-state index contributed by atoms with van der Waals surface area (Å²) in [6.07, 6.45) is 2.76. The molecule has 0 radical (unpaired) electrons. The van der Waals surface area contributed by atoms with E-state index < -0.39 is 0 Å². The van der Waals surface area contributed by atoms with Crippen molar-refractivity contribution in [1.29, 1.82) is 0 Å². The Morgan fingerprint density at radius 3 is 3.06 bits per heavy atom. The van der Waals surface area contributed by atoms with Crippen LogP contribution in [0.2, 0.25) is 0 Å². The van der Waals surface area contributed by atoms with E-state index in [1.165, 1.54) is 0 Å². The molecule has 2 aromatic rings. The highest BCUT2D eigenvalue weighted by Crippen LogP contribution is 2.23. The van der Waals surface area contributed by atoms with Crippen LogP contribution in [0, 0.1) is 6.92 Å². The standard InChI is InChI=1S/C12H15N5O/c1-8-15-12(18-16-8)9-2-4-14-11(6-9)17-5-3-10(13)7-17/h2,4,6,10H,3,5,7,13H2,1H3. The minimum absolute atomic E-state index is 0.237. The third-order valence-electron chi connectivity index (χ3n) is 3.07. The minimum atomic E-state index is 0.237. The van der Waals surface area contributed by atoms with Gasteiger partial charge in [0, 0.05) is 30.9 Å². The van der Waals surface area contributed by atoms with Gasteiger partial charge >= 0.3 is 0 Å². The number of pyridine rings is 1. The normalized spacial score (nSPS) is 19.4. The summed E-state index contributed by atoms with van der Waals surface area (Å²) >= 11 is 0. The fourth-order valence-electron chi connectivity index (χ4n) is 2.13. The predicted molar refractivity (Wildman–Crippen MR) is 67.1 cm³/mol. The van der Waals surface area contributed by atoms with Crippen molar-refractivity contribution in [1.82, 2.24) is 15.1 Å². The quantitative estimate of drug-likeness (QED) is 0.849. The average molecular weight is 245 g/mol. The zero-order chi connectivity index (χ0) is 12.5. The topological polar surface area (TPSA) is 81.1 Å². The summed E-state index contributed by atoms with van der Waals surface area (Å²) in [5, 5.41) is 3.79. The molecule has 1 unspecified atom stereocenters. The van der Waals surface area contributed by atoms with Crippen molar-refractivity contribution >= 4 is 5.82 Å². The third kappa shape index (κ3) is 2.06. The number of rotatable bonds is 2. The van der Waals surface area contributed by atoms with E-state index in [1.807, 2.05) is 12.1 Å². The lowest BCUT2D eigenvalue weighted by atomic mass is 10.2. The SMILES string of the molecule is Cc1noc(-c2ccnc(N3CCC(N)C3)c2)n1. The maximum Gasteiger partial charge on any atom is 0.258 e. The van der Waals surface area contributed by atoms with Gasteiger partial charge in [0.2, 0.25) is 0 Å². The van der Waals surface area contributed by atoms with Crippen molar-refractivity contribution < 1.29 is 4.52 Å². The fraction of sp³-hybridized carbons (Fsp3) is 0.417. The van der Waals surface area contributed by atoms with E-state index in [9.17, 15) is 0 Å². The van der Waals surface area contributed by atoms with Gasteiger partial charge in [-0.3, -0.25) is 0 Å². The molecule has 3 heterocycles. The van der Waals surface area contributed by atoms with Gasteiger partial charge in [0.1, 0.15) is 5.82 Å². The molecule has 94 valence electrons. The van der Waals surface area contributed by atoms with Crippen LogP contribution in [-0.2, 0) is 0 Å². The smallest absolute Gasteiger partial charge is 0.258 e. The van der Waals surface area contributed by atoms with E-state index in [-0.39, 0.29) is 6.04 Å². The Morgan fingerprint density at radius 1 is 1.50 bits per heavy atom. The van der Waals surface area contributed by atoms with E-state index in [4.69, 9.17) is 10.3 Å². The zero-order valence-electron chi connectivity index (χ0n) is 10.2. The van der Waals surface area contributed by atoms with Gasteiger partial charge < -0.3 is 15.2 Å². The molecule has 1 aliphatic heterocycles. The molecule has 6 nitrogen and oxygen atoms in total. The van der Waals surface area contributed by atoms with E-state index in [2.05, 4.69) is 20.0 Å². The van der Waals surface area contributed by atoms with Crippen LogP contribution in [0.1, 0.15) is 12.2 Å². The molecule has 0 amide bonds. The van der Waals surface area contributed by atoms with Crippen LogP contribution in [0.25, 0.3) is 11.5 Å². The fourth-order valence-corrected chi connectivity index (χ4v) is 2.13. The monoisotopic (exact) mass is 245 g/mol. The summed E-state index contributed by atoms with van der Waals surface area (Å²) in [6.45, 7) is 3.59. The Morgan fingerprint density at radius 2 is 2.39 bits per heavy atom. The first kappa shape index (κ1) is 11.2. The molecule has 18 heavy (non-hydrogen) atoms. The predicted octanol–water partition coefficient (Wildman–Crippen LogP) is 0.977. The van der Waals surface area contributed by atoms with Crippen molar-refractivity contribution in [3.63, 3.8) is 0 Å². The maximum absolute atomic E-state index is 5.90. The molecule has 0 saturated carbocycles. The largest absolute Gasteiger partial charge is 0.355 e. The van der Waals surface area contributed by atoms with Crippen LogP contribution in [0.15, 0.2) is 22.9 Å². The maximum atomic E-state index is 5.90. The first-order valence-corrected chi connectivity index (χ1v) is 5.99. The van der Waals surface area contributed by atoms with Crippen molar-refractivity contribution in [2.75, 3.05) is 18.0 Å². The van der Waals surface area contributed by atoms with E-state index in [1.54, 1.807) is 13.1 Å². The van der Waals surface area contributed by atoms with Gasteiger partial charge in [-0.15, -0.1) is 0 Å². The lowest BCUT2D eigenvalue weighted by molar-refractivity contribution is 0.425. The molecule has 3 rings (SSSR count). The molecule has 0 bridgehead atoms. The Balaban J connectivity index is 1.89. The molecule has 0 aliphatic carbocycles. The number of aromatic nitrogens is 3. The molecule has 0 aromatic carbocycles. The second-order valence-corrected chi connectivity index (χ2v) is 4.54. The lowest BCUT2D eigenvalue weighted by Crippen LogP contribution is -2.26. The lowest BCUT2D eigenvalue weighted by Gasteiger charge is -2.16. The summed E-state index contributed by atoms with van der Waals surface area (Å²) in [5.41, 5.74) is 6.79. The van der Waals surface area contributed by atoms with Crippen LogP contribution >= 0.6 is 0 Å². The number of aryl methyl sites for hydroxylation is 1. The van der Waals surface area contributed by atoms with Gasteiger partial charge in [0.05, 0.1) is 0 Å². The molecule has 0 spiro atoms. The van der Waals surface area contributed by atoms with Crippen LogP contribution in [0.5, 0.6) is 0 Å². The van der Waals surface area contributed by atoms with E-state index in [0.29, 0.717) is 11.7 Å². The zero-order valence-corrected chi connectivity index (χ0v) is 10.2. The number of hydrogen-bond donors (Lipinski definition) is 1. The number of hydrogen-bond acceptors (Lipinski definition) is 6. The summed E-state index contributed by atoms with van der Waals surface area (Å²) in [5.74, 6) is 2.07. The Hall–Kier alpha value is -1.95. The van der Waals surface area contributed by atoms with E-state index >= 15 is 0 Å². The van der Waals surface area contributed by atoms with Gasteiger partial charge in [-0.2, -0.15) is 4.98 Å². The van der Waals surface area contributed by atoms with Crippen LogP contribution in [0.3, 0.4) is 0 Å². The Bertz CT molecular complexity index is 553. The van der Waals surface area contributed by atoms with Gasteiger partial charge in [0.15, 0.2) is 5.82 Å². The highest BCUT2D eigenvalue weighted by Gasteiger charge is 2.20. The number of nitrogens with zero attached hydrogens (tertiary/aromatic N) is 4. The van der Waals surface area contributed by atoms with Crippen molar-refractivity contribution in [2.45, 2.75) is 19.4 Å². The number of nitrogens with two attached hydrogens (primary N) is 1. The highest BCUT2D eigenvalue weighted by atomic mass is 16.5. The second kappa shape index (κ2) is 4.38. The summed E-state index contributed by atoms with van der Waals surface area (Å²) in [7, 11) is 0. The molecule has 1 atom stereocenters. The number of anilines is 1. The van der Waals surface area contributed by atoms with Crippen LogP contribution < -0.4 is 10.6 Å². The average Bonchev–Trinajstić information content (AvgIpc) is 2.98. The Kier molecular flexibility index (Phi) is 2.71. The Labute approximate surface area is 105 Å². The summed E-state index contributed by atoms with van der Waals surface area (Å²) in [4.78, 5) is 10.8. The van der Waals surface area contributed by atoms with Gasteiger partial charge in [0.25, 0.3) is 5.89 Å². The minimum Gasteiger partial charge on any atom is -0.355 e. The molecule has 1 saturated heterocycles. The first-order valence-electron chi connectivity index (χ1n) is 5.99. The molecule has 2 aromatic heterocycles. The molecular formula is C12H15N5O. The molecule has 6 heteroatoms. The van der Waals surface area contributed by atoms with Crippen LogP contribution in [0.4, 0.5) is 5.82 Å². The van der Waals surface area contributed by atoms with Crippen molar-refractivity contribution in [3.8, 4) is 11.5 Å². The third-order valence-corrected chi connectivity index (χ3v) is 3.07. The summed E-state index contributed by atoms with van der Waals surface area (Å²) in [6, 6.07) is 4.07. The molecule has 2 N–H and O–H groups in total. The van der Waals surface area contributed by atoms with E-state index in [0.717, 1.165) is 30.9 Å². The van der Waals surface area contributed by atoms with Crippen molar-refractivity contribution in [3.05, 3.63) is 24.2 Å². The van der Waals surface area contributed by atoms with Gasteiger partial charge in [-0.05, 0) is 25.5 Å². The van der Waals surface area contributed by atoms with Gasteiger partial charge in [-0.1, -0.05) is 5.16 Å². The van der Waals surface area contributed by atoms with Crippen LogP contribution in [-0.4, -0.2) is 34.3 Å². The van der Waals surface area contributed by atoms with Gasteiger partial charge in [-0.25, -0.2) is 4.98 Å². The first-order chi connectivity index (χ1) is 8.72. The second-order valence-electron chi connectivity index (χ2n) is 4.54. The highest BCUT2D eigenvalue weighted by molar-refractivity contribution is 5.58.